The Morgan fingerprint density at radius 3 is 1.53 bits per heavy atom. The van der Waals surface area contributed by atoms with Crippen LogP contribution in [0.1, 0.15) is 41.0 Å². The van der Waals surface area contributed by atoms with E-state index in [2.05, 4.69) is 13.8 Å². The standard InChI is InChI=1S/C8H18O.K.H3O4P.H/c1-3-5-7-9-8-6-4-2;;1-5(2,3)4;/h3-8H2,1-2H3;;(H3,1,2,3,4);/q;+1;;-1. The number of phosphoric acid groups is 1. The summed E-state index contributed by atoms with van der Waals surface area (Å²) in [6, 6.07) is 0. The van der Waals surface area contributed by atoms with Crippen molar-refractivity contribution in [2.75, 3.05) is 13.2 Å². The molecule has 0 fully saturated rings. The minimum absolute atomic E-state index is 0. The minimum atomic E-state index is -4.64. The predicted molar refractivity (Wildman–Crippen MR) is 56.0 cm³/mol. The van der Waals surface area contributed by atoms with Gasteiger partial charge in [-0.15, -0.1) is 0 Å². The summed E-state index contributed by atoms with van der Waals surface area (Å²) in [7, 11) is -4.64. The van der Waals surface area contributed by atoms with Gasteiger partial charge in [-0.1, -0.05) is 26.7 Å². The predicted octanol–water partition coefficient (Wildman–Crippen LogP) is -1.21. The van der Waals surface area contributed by atoms with Crippen LogP contribution >= 0.6 is 7.82 Å². The molecule has 0 bridgehead atoms. The number of hydrogen-bond donors (Lipinski definition) is 3. The van der Waals surface area contributed by atoms with E-state index in [1.54, 1.807) is 0 Å². The van der Waals surface area contributed by atoms with E-state index in [4.69, 9.17) is 24.0 Å². The summed E-state index contributed by atoms with van der Waals surface area (Å²) in [6.07, 6.45) is 4.91. The molecular formula is C8H22KO5P. The zero-order chi connectivity index (χ0) is 11.4. The Labute approximate surface area is 136 Å². The second kappa shape index (κ2) is 15.7. The molecule has 0 saturated carbocycles. The van der Waals surface area contributed by atoms with Gasteiger partial charge < -0.3 is 20.8 Å². The van der Waals surface area contributed by atoms with Gasteiger partial charge in [0.05, 0.1) is 0 Å². The van der Waals surface area contributed by atoms with E-state index in [1.807, 2.05) is 0 Å². The summed E-state index contributed by atoms with van der Waals surface area (Å²) >= 11 is 0. The van der Waals surface area contributed by atoms with Crippen LogP contribution < -0.4 is 51.4 Å². The average molecular weight is 268 g/mol. The van der Waals surface area contributed by atoms with Crippen molar-refractivity contribution in [2.45, 2.75) is 39.5 Å². The van der Waals surface area contributed by atoms with Gasteiger partial charge >= 0.3 is 59.2 Å². The van der Waals surface area contributed by atoms with Crippen LogP contribution in [0.4, 0.5) is 0 Å². The third-order valence-electron chi connectivity index (χ3n) is 1.28. The first kappa shape index (κ1) is 21.9. The molecule has 90 valence electrons. The molecule has 0 radical (unpaired) electrons. The molecule has 7 heteroatoms. The molecular weight excluding hydrogens is 246 g/mol. The first-order valence-corrected chi connectivity index (χ1v) is 6.34. The Morgan fingerprint density at radius 1 is 1.07 bits per heavy atom. The molecule has 0 aromatic carbocycles. The molecule has 0 saturated heterocycles. The van der Waals surface area contributed by atoms with Gasteiger partial charge in [0.15, 0.2) is 0 Å². The van der Waals surface area contributed by atoms with Crippen LogP contribution in [0, 0.1) is 0 Å². The van der Waals surface area contributed by atoms with Crippen LogP contribution in [-0.2, 0) is 9.30 Å². The Kier molecular flexibility index (Phi) is 23.0. The molecule has 0 rings (SSSR count). The SMILES string of the molecule is CCCCOCCCC.O=P(O)(O)O.[H-].[K+]. The fourth-order valence-corrected chi connectivity index (χ4v) is 0.595. The molecule has 3 N–H and O–H groups in total. The van der Waals surface area contributed by atoms with Gasteiger partial charge in [0, 0.05) is 13.2 Å². The van der Waals surface area contributed by atoms with Crippen LogP contribution in [0.25, 0.3) is 0 Å². The van der Waals surface area contributed by atoms with E-state index < -0.39 is 7.82 Å². The third kappa shape index (κ3) is 49.7. The second-order valence-electron chi connectivity index (χ2n) is 2.83. The van der Waals surface area contributed by atoms with Gasteiger partial charge in [-0.05, 0) is 12.8 Å². The van der Waals surface area contributed by atoms with Gasteiger partial charge in [0.25, 0.3) is 0 Å². The van der Waals surface area contributed by atoms with Gasteiger partial charge in [-0.2, -0.15) is 0 Å². The molecule has 0 aromatic rings. The molecule has 0 aliphatic rings. The van der Waals surface area contributed by atoms with Crippen LogP contribution in [0.15, 0.2) is 0 Å². The van der Waals surface area contributed by atoms with Crippen molar-refractivity contribution >= 4 is 7.82 Å². The molecule has 0 aliphatic heterocycles. The topological polar surface area (TPSA) is 87.0 Å². The maximum Gasteiger partial charge on any atom is 1.00 e. The molecule has 0 amide bonds. The van der Waals surface area contributed by atoms with E-state index in [1.165, 1.54) is 25.7 Å². The summed E-state index contributed by atoms with van der Waals surface area (Å²) in [6.45, 7) is 6.28. The quantitative estimate of drug-likeness (QED) is 0.320. The van der Waals surface area contributed by atoms with E-state index in [-0.39, 0.29) is 52.8 Å². The zero-order valence-electron chi connectivity index (χ0n) is 10.8. The molecule has 5 nitrogen and oxygen atoms in total. The summed E-state index contributed by atoms with van der Waals surface area (Å²) < 4.78 is 14.2. The average Bonchev–Trinajstić information content (AvgIpc) is 2.01. The molecule has 0 unspecified atom stereocenters. The summed E-state index contributed by atoms with van der Waals surface area (Å²) in [5.74, 6) is 0. The Balaban J connectivity index is -0.0000000904. The van der Waals surface area contributed by atoms with Crippen molar-refractivity contribution in [2.24, 2.45) is 0 Å². The summed E-state index contributed by atoms with van der Waals surface area (Å²) in [5, 5.41) is 0. The van der Waals surface area contributed by atoms with Crippen molar-refractivity contribution < 1.29 is 76.8 Å². The van der Waals surface area contributed by atoms with Crippen molar-refractivity contribution in [1.82, 2.24) is 0 Å². The van der Waals surface area contributed by atoms with E-state index in [0.29, 0.717) is 0 Å². The summed E-state index contributed by atoms with van der Waals surface area (Å²) in [5.41, 5.74) is 0. The first-order valence-electron chi connectivity index (χ1n) is 4.77. The number of hydrogen-bond acceptors (Lipinski definition) is 2. The van der Waals surface area contributed by atoms with E-state index >= 15 is 0 Å². The molecule has 15 heavy (non-hydrogen) atoms. The maximum atomic E-state index is 8.88. The van der Waals surface area contributed by atoms with Crippen molar-refractivity contribution in [1.29, 1.82) is 0 Å². The fourth-order valence-electron chi connectivity index (χ4n) is 0.595. The minimum Gasteiger partial charge on any atom is -1.00 e. The Bertz CT molecular complexity index is 141. The Morgan fingerprint density at radius 2 is 1.33 bits per heavy atom. The number of rotatable bonds is 6. The zero-order valence-corrected chi connectivity index (χ0v) is 13.9. The van der Waals surface area contributed by atoms with Crippen LogP contribution in [0.2, 0.25) is 0 Å². The fraction of sp³-hybridized carbons (Fsp3) is 1.00. The first-order chi connectivity index (χ1) is 6.41. The molecule has 0 heterocycles. The normalized spacial score (nSPS) is 9.93. The maximum absolute atomic E-state index is 8.88. The molecule has 0 atom stereocenters. The molecule has 0 spiro atoms. The van der Waals surface area contributed by atoms with Gasteiger partial charge in [0.1, 0.15) is 0 Å². The number of unbranched alkanes of at least 4 members (excludes halogenated alkanes) is 2. The van der Waals surface area contributed by atoms with Gasteiger partial charge in [-0.25, -0.2) is 4.57 Å². The smallest absolute Gasteiger partial charge is 1.00 e. The van der Waals surface area contributed by atoms with Gasteiger partial charge in [-0.3, -0.25) is 0 Å². The van der Waals surface area contributed by atoms with Crippen molar-refractivity contribution in [3.63, 3.8) is 0 Å². The van der Waals surface area contributed by atoms with Crippen LogP contribution in [-0.4, -0.2) is 27.9 Å². The largest absolute Gasteiger partial charge is 1.00 e. The monoisotopic (exact) mass is 268 g/mol. The van der Waals surface area contributed by atoms with Crippen LogP contribution in [0.3, 0.4) is 0 Å². The second-order valence-corrected chi connectivity index (χ2v) is 3.86. The van der Waals surface area contributed by atoms with E-state index in [0.717, 1.165) is 13.2 Å². The number of ether oxygens (including phenoxy) is 1. The molecule has 0 aliphatic carbocycles. The van der Waals surface area contributed by atoms with Crippen molar-refractivity contribution in [3.8, 4) is 0 Å². The van der Waals surface area contributed by atoms with Gasteiger partial charge in [0.2, 0.25) is 0 Å². The Hall–Kier alpha value is 1.71. The molecule has 0 aromatic heterocycles. The summed E-state index contributed by atoms with van der Waals surface area (Å²) in [4.78, 5) is 21.6. The van der Waals surface area contributed by atoms with Crippen LogP contribution in [0.5, 0.6) is 0 Å². The van der Waals surface area contributed by atoms with Crippen molar-refractivity contribution in [3.05, 3.63) is 0 Å². The third-order valence-corrected chi connectivity index (χ3v) is 1.28. The van der Waals surface area contributed by atoms with E-state index in [9.17, 15) is 0 Å².